The number of aliphatic hydroxyl groups is 1. The highest BCUT2D eigenvalue weighted by Crippen LogP contribution is 2.28. The van der Waals surface area contributed by atoms with Crippen molar-refractivity contribution in [2.45, 2.75) is 49.1 Å². The molecule has 0 aromatic heterocycles. The number of aliphatic hydroxyl groups excluding tert-OH is 1. The van der Waals surface area contributed by atoms with Gasteiger partial charge in [-0.25, -0.2) is 9.59 Å². The molecule has 0 bridgehead atoms. The molecule has 7 heteroatoms. The SMILES string of the molecule is CSC1CCC(NC(=O)N2C[C@H](O)C[C@@H]2C(=O)O)C1. The van der Waals surface area contributed by atoms with E-state index in [9.17, 15) is 14.7 Å². The van der Waals surface area contributed by atoms with Crippen LogP contribution in [0.1, 0.15) is 25.7 Å². The summed E-state index contributed by atoms with van der Waals surface area (Å²) >= 11 is 1.80. The first-order chi connectivity index (χ1) is 9.01. The van der Waals surface area contributed by atoms with Gasteiger partial charge in [-0.1, -0.05) is 0 Å². The Balaban J connectivity index is 1.90. The maximum atomic E-state index is 12.1. The van der Waals surface area contributed by atoms with Gasteiger partial charge in [0.15, 0.2) is 0 Å². The molecule has 2 aliphatic rings. The van der Waals surface area contributed by atoms with Crippen LogP contribution >= 0.6 is 11.8 Å². The Morgan fingerprint density at radius 2 is 2.05 bits per heavy atom. The van der Waals surface area contributed by atoms with Crippen LogP contribution in [0, 0.1) is 0 Å². The topological polar surface area (TPSA) is 89.9 Å². The van der Waals surface area contributed by atoms with Crippen molar-refractivity contribution in [3.8, 4) is 0 Å². The van der Waals surface area contributed by atoms with E-state index in [0.717, 1.165) is 19.3 Å². The lowest BCUT2D eigenvalue weighted by atomic mass is 10.2. The zero-order valence-electron chi connectivity index (χ0n) is 10.9. The molecule has 2 rings (SSSR count). The Kier molecular flexibility index (Phi) is 4.57. The molecule has 2 amide bonds. The molecule has 1 saturated heterocycles. The third-order valence-electron chi connectivity index (χ3n) is 3.87. The van der Waals surface area contributed by atoms with Crippen LogP contribution in [0.5, 0.6) is 0 Å². The van der Waals surface area contributed by atoms with Gasteiger partial charge in [0, 0.05) is 24.3 Å². The number of carbonyl (C=O) groups is 2. The fourth-order valence-corrected chi connectivity index (χ4v) is 3.61. The highest BCUT2D eigenvalue weighted by molar-refractivity contribution is 7.99. The van der Waals surface area contributed by atoms with Crippen LogP contribution in [0.2, 0.25) is 0 Å². The lowest BCUT2D eigenvalue weighted by molar-refractivity contribution is -0.141. The number of carbonyl (C=O) groups excluding carboxylic acids is 1. The van der Waals surface area contributed by atoms with Gasteiger partial charge in [-0.05, 0) is 25.5 Å². The van der Waals surface area contributed by atoms with E-state index in [1.807, 2.05) is 0 Å². The quantitative estimate of drug-likeness (QED) is 0.703. The zero-order valence-corrected chi connectivity index (χ0v) is 11.7. The molecule has 0 radical (unpaired) electrons. The molecule has 0 aromatic rings. The van der Waals surface area contributed by atoms with Gasteiger partial charge in [0.25, 0.3) is 0 Å². The number of amides is 2. The van der Waals surface area contributed by atoms with Crippen LogP contribution in [-0.2, 0) is 4.79 Å². The van der Waals surface area contributed by atoms with Crippen molar-refractivity contribution < 1.29 is 19.8 Å². The number of rotatable bonds is 3. The summed E-state index contributed by atoms with van der Waals surface area (Å²) in [5, 5.41) is 22.0. The lowest BCUT2D eigenvalue weighted by Gasteiger charge is -2.24. The minimum Gasteiger partial charge on any atom is -0.480 e. The standard InChI is InChI=1S/C12H20N2O4S/c1-19-9-3-2-7(4-9)13-12(18)14-6-8(15)5-10(14)11(16)17/h7-10,15H,2-6H2,1H3,(H,13,18)(H,16,17)/t7?,8-,9?,10-/m1/s1. The maximum Gasteiger partial charge on any atom is 0.326 e. The fraction of sp³-hybridized carbons (Fsp3) is 0.833. The number of β-amino-alcohol motifs (C(OH)–C–C–N with tert-alkyl or cyclic N) is 1. The van der Waals surface area contributed by atoms with E-state index in [1.165, 1.54) is 4.90 Å². The average molecular weight is 288 g/mol. The largest absolute Gasteiger partial charge is 0.480 e. The Morgan fingerprint density at radius 1 is 1.32 bits per heavy atom. The van der Waals surface area contributed by atoms with Crippen molar-refractivity contribution in [3.63, 3.8) is 0 Å². The van der Waals surface area contributed by atoms with E-state index >= 15 is 0 Å². The average Bonchev–Trinajstić information content (AvgIpc) is 2.95. The molecule has 108 valence electrons. The number of nitrogens with zero attached hydrogens (tertiary/aromatic N) is 1. The number of carboxylic acid groups (broad SMARTS) is 1. The number of likely N-dealkylation sites (tertiary alicyclic amines) is 1. The summed E-state index contributed by atoms with van der Waals surface area (Å²) in [6, 6.07) is -1.15. The van der Waals surface area contributed by atoms with E-state index in [-0.39, 0.29) is 25.0 Å². The van der Waals surface area contributed by atoms with Gasteiger partial charge in [-0.15, -0.1) is 0 Å². The molecule has 1 heterocycles. The van der Waals surface area contributed by atoms with Crippen LogP contribution in [0.15, 0.2) is 0 Å². The molecule has 6 nitrogen and oxygen atoms in total. The number of urea groups is 1. The minimum absolute atomic E-state index is 0.0987. The Hall–Kier alpha value is -0.950. The predicted molar refractivity (Wildman–Crippen MR) is 72.2 cm³/mol. The predicted octanol–water partition coefficient (Wildman–Crippen LogP) is 0.500. The van der Waals surface area contributed by atoms with Gasteiger partial charge in [0.05, 0.1) is 6.10 Å². The van der Waals surface area contributed by atoms with Crippen LogP contribution in [0.4, 0.5) is 4.79 Å². The fourth-order valence-electron chi connectivity index (χ4n) is 2.82. The number of carboxylic acids is 1. The monoisotopic (exact) mass is 288 g/mol. The Morgan fingerprint density at radius 3 is 2.63 bits per heavy atom. The summed E-state index contributed by atoms with van der Waals surface area (Å²) in [6.45, 7) is 0.0987. The normalized spacial score (nSPS) is 34.5. The first-order valence-corrected chi connectivity index (χ1v) is 7.81. The second-order valence-corrected chi connectivity index (χ2v) is 6.35. The summed E-state index contributed by atoms with van der Waals surface area (Å²) in [7, 11) is 0. The molecule has 4 atom stereocenters. The van der Waals surface area contributed by atoms with Crippen molar-refractivity contribution in [1.29, 1.82) is 0 Å². The van der Waals surface area contributed by atoms with Crippen LogP contribution in [-0.4, -0.2) is 63.4 Å². The maximum absolute atomic E-state index is 12.1. The molecule has 3 N–H and O–H groups in total. The van der Waals surface area contributed by atoms with Gasteiger partial charge in [-0.2, -0.15) is 11.8 Å². The number of thioether (sulfide) groups is 1. The molecule has 19 heavy (non-hydrogen) atoms. The summed E-state index contributed by atoms with van der Waals surface area (Å²) in [6.07, 6.45) is 4.38. The van der Waals surface area contributed by atoms with Gasteiger partial charge in [0.2, 0.25) is 0 Å². The number of nitrogens with one attached hydrogen (secondary N) is 1. The molecule has 0 spiro atoms. The van der Waals surface area contributed by atoms with Gasteiger partial charge in [-0.3, -0.25) is 0 Å². The number of aliphatic carboxylic acids is 1. The van der Waals surface area contributed by atoms with E-state index in [0.29, 0.717) is 5.25 Å². The van der Waals surface area contributed by atoms with Crippen LogP contribution in [0.3, 0.4) is 0 Å². The van der Waals surface area contributed by atoms with Crippen molar-refractivity contribution in [1.82, 2.24) is 10.2 Å². The van der Waals surface area contributed by atoms with Crippen molar-refractivity contribution in [2.75, 3.05) is 12.8 Å². The minimum atomic E-state index is -1.06. The zero-order chi connectivity index (χ0) is 14.0. The molecule has 2 fully saturated rings. The molecule has 1 aliphatic carbocycles. The third kappa shape index (κ3) is 3.33. The van der Waals surface area contributed by atoms with Crippen molar-refractivity contribution in [2.24, 2.45) is 0 Å². The molecule has 1 aliphatic heterocycles. The molecule has 0 aromatic carbocycles. The van der Waals surface area contributed by atoms with Crippen LogP contribution < -0.4 is 5.32 Å². The van der Waals surface area contributed by atoms with E-state index in [4.69, 9.17) is 5.11 Å². The van der Waals surface area contributed by atoms with E-state index < -0.39 is 18.1 Å². The molecular weight excluding hydrogens is 268 g/mol. The summed E-state index contributed by atoms with van der Waals surface area (Å²) in [5.74, 6) is -1.06. The van der Waals surface area contributed by atoms with Gasteiger partial charge < -0.3 is 20.4 Å². The molecule has 2 unspecified atom stereocenters. The number of hydrogen-bond donors (Lipinski definition) is 3. The van der Waals surface area contributed by atoms with Crippen molar-refractivity contribution >= 4 is 23.8 Å². The number of hydrogen-bond acceptors (Lipinski definition) is 4. The summed E-state index contributed by atoms with van der Waals surface area (Å²) in [5.41, 5.74) is 0. The smallest absolute Gasteiger partial charge is 0.326 e. The highest BCUT2D eigenvalue weighted by Gasteiger charge is 2.39. The van der Waals surface area contributed by atoms with E-state index in [1.54, 1.807) is 11.8 Å². The second kappa shape index (κ2) is 6.00. The second-order valence-electron chi connectivity index (χ2n) is 5.21. The lowest BCUT2D eigenvalue weighted by Crippen LogP contribution is -2.48. The van der Waals surface area contributed by atoms with Gasteiger partial charge in [0.1, 0.15) is 6.04 Å². The summed E-state index contributed by atoms with van der Waals surface area (Å²) in [4.78, 5) is 24.4. The van der Waals surface area contributed by atoms with Gasteiger partial charge >= 0.3 is 12.0 Å². The first-order valence-electron chi connectivity index (χ1n) is 6.52. The van der Waals surface area contributed by atoms with Crippen molar-refractivity contribution in [3.05, 3.63) is 0 Å². The molecule has 1 saturated carbocycles. The van der Waals surface area contributed by atoms with E-state index in [2.05, 4.69) is 11.6 Å². The Bertz CT molecular complexity index is 366. The highest BCUT2D eigenvalue weighted by atomic mass is 32.2. The third-order valence-corrected chi connectivity index (χ3v) is 4.97. The van der Waals surface area contributed by atoms with Crippen LogP contribution in [0.25, 0.3) is 0 Å². The summed E-state index contributed by atoms with van der Waals surface area (Å²) < 4.78 is 0. The molecular formula is C12H20N2O4S. The Labute approximate surface area is 116 Å². The first kappa shape index (κ1) is 14.5.